The average molecular weight is 315 g/mol. The van der Waals surface area contributed by atoms with Gasteiger partial charge in [-0.1, -0.05) is 46.3 Å². The van der Waals surface area contributed by atoms with E-state index in [9.17, 15) is 13.2 Å². The molecule has 94 valence electrons. The zero-order valence-electron chi connectivity index (χ0n) is 9.34. The Labute approximate surface area is 112 Å². The van der Waals surface area contributed by atoms with E-state index in [2.05, 4.69) is 15.9 Å². The van der Waals surface area contributed by atoms with E-state index in [1.54, 1.807) is 0 Å². The summed E-state index contributed by atoms with van der Waals surface area (Å²) in [4.78, 5) is -0.527. The summed E-state index contributed by atoms with van der Waals surface area (Å²) in [6.07, 6.45) is 0.431. The molecule has 0 saturated heterocycles. The van der Waals surface area contributed by atoms with Gasteiger partial charge in [0, 0.05) is 22.5 Å². The van der Waals surface area contributed by atoms with E-state index >= 15 is 0 Å². The standard InChI is InChI=1S/C14H10BrF3/c15-11(6-9-4-2-1-3-5-9)14-12(17)7-10(16)8-13(14)18/h1-5,7-8,11H,6H2. The van der Waals surface area contributed by atoms with E-state index in [0.717, 1.165) is 5.56 Å². The summed E-state index contributed by atoms with van der Waals surface area (Å²) < 4.78 is 39.9. The van der Waals surface area contributed by atoms with Crippen molar-refractivity contribution in [1.82, 2.24) is 0 Å². The molecule has 2 aromatic rings. The summed E-state index contributed by atoms with van der Waals surface area (Å²) in [5, 5.41) is 0. The van der Waals surface area contributed by atoms with Crippen LogP contribution in [0.15, 0.2) is 42.5 Å². The largest absolute Gasteiger partial charge is 0.207 e. The molecule has 0 saturated carbocycles. The lowest BCUT2D eigenvalue weighted by Gasteiger charge is -2.12. The Balaban J connectivity index is 2.27. The highest BCUT2D eigenvalue weighted by Crippen LogP contribution is 2.31. The molecule has 0 aromatic heterocycles. The molecule has 0 N–H and O–H groups in total. The van der Waals surface area contributed by atoms with Gasteiger partial charge in [0.1, 0.15) is 17.5 Å². The van der Waals surface area contributed by atoms with Crippen molar-refractivity contribution in [3.8, 4) is 0 Å². The fourth-order valence-electron chi connectivity index (χ4n) is 1.78. The zero-order chi connectivity index (χ0) is 13.1. The van der Waals surface area contributed by atoms with E-state index in [1.165, 1.54) is 0 Å². The minimum absolute atomic E-state index is 0.139. The maximum atomic E-state index is 13.6. The van der Waals surface area contributed by atoms with Gasteiger partial charge in [0.2, 0.25) is 0 Å². The number of hydrogen-bond acceptors (Lipinski definition) is 0. The highest BCUT2D eigenvalue weighted by atomic mass is 79.9. The SMILES string of the molecule is Fc1cc(F)c(C(Br)Cc2ccccc2)c(F)c1. The van der Waals surface area contributed by atoms with Crippen molar-refractivity contribution < 1.29 is 13.2 Å². The summed E-state index contributed by atoms with van der Waals surface area (Å²) in [5.74, 6) is -2.65. The van der Waals surface area contributed by atoms with Gasteiger partial charge in [-0.05, 0) is 12.0 Å². The fourth-order valence-corrected chi connectivity index (χ4v) is 2.59. The molecule has 0 aliphatic carbocycles. The third kappa shape index (κ3) is 2.93. The Bertz CT molecular complexity index is 517. The monoisotopic (exact) mass is 314 g/mol. The molecular formula is C14H10BrF3. The van der Waals surface area contributed by atoms with Gasteiger partial charge in [-0.2, -0.15) is 0 Å². The second kappa shape index (κ2) is 5.57. The van der Waals surface area contributed by atoms with Crippen LogP contribution in [0.2, 0.25) is 0 Å². The predicted octanol–water partition coefficient (Wildman–Crippen LogP) is 4.78. The summed E-state index contributed by atoms with van der Waals surface area (Å²) in [7, 11) is 0. The normalized spacial score (nSPS) is 12.4. The number of alkyl halides is 1. The van der Waals surface area contributed by atoms with Crippen molar-refractivity contribution in [2.24, 2.45) is 0 Å². The van der Waals surface area contributed by atoms with E-state index in [1.807, 2.05) is 30.3 Å². The molecule has 18 heavy (non-hydrogen) atoms. The summed E-state index contributed by atoms with van der Waals surface area (Å²) in [5.41, 5.74) is 0.808. The Morgan fingerprint density at radius 3 is 2.06 bits per heavy atom. The first-order valence-electron chi connectivity index (χ1n) is 5.40. The van der Waals surface area contributed by atoms with Crippen LogP contribution in [0, 0.1) is 17.5 Å². The van der Waals surface area contributed by atoms with Crippen molar-refractivity contribution in [3.05, 3.63) is 71.0 Å². The smallest absolute Gasteiger partial charge is 0.133 e. The molecule has 2 aromatic carbocycles. The van der Waals surface area contributed by atoms with Crippen molar-refractivity contribution in [2.75, 3.05) is 0 Å². The molecule has 0 amide bonds. The lowest BCUT2D eigenvalue weighted by Crippen LogP contribution is -2.03. The first-order chi connectivity index (χ1) is 8.58. The summed E-state index contributed by atoms with van der Waals surface area (Å²) in [6.45, 7) is 0. The average Bonchev–Trinajstić information content (AvgIpc) is 2.28. The Morgan fingerprint density at radius 2 is 1.50 bits per heavy atom. The van der Waals surface area contributed by atoms with Crippen LogP contribution in [0.3, 0.4) is 0 Å². The predicted molar refractivity (Wildman–Crippen MR) is 68.1 cm³/mol. The minimum Gasteiger partial charge on any atom is -0.207 e. The maximum Gasteiger partial charge on any atom is 0.133 e. The topological polar surface area (TPSA) is 0 Å². The van der Waals surface area contributed by atoms with Crippen molar-refractivity contribution in [3.63, 3.8) is 0 Å². The Kier molecular flexibility index (Phi) is 4.07. The van der Waals surface area contributed by atoms with Crippen molar-refractivity contribution in [1.29, 1.82) is 0 Å². The van der Waals surface area contributed by atoms with Gasteiger partial charge in [-0.3, -0.25) is 0 Å². The van der Waals surface area contributed by atoms with Gasteiger partial charge < -0.3 is 0 Å². The maximum absolute atomic E-state index is 13.6. The van der Waals surface area contributed by atoms with Crippen LogP contribution in [-0.4, -0.2) is 0 Å². The highest BCUT2D eigenvalue weighted by molar-refractivity contribution is 9.09. The lowest BCUT2D eigenvalue weighted by molar-refractivity contribution is 0.522. The van der Waals surface area contributed by atoms with Crippen LogP contribution in [0.1, 0.15) is 16.0 Å². The molecule has 0 nitrogen and oxygen atoms in total. The first kappa shape index (κ1) is 13.1. The second-order valence-corrected chi connectivity index (χ2v) is 5.05. The van der Waals surface area contributed by atoms with E-state index < -0.39 is 22.3 Å². The molecule has 0 heterocycles. The molecule has 2 rings (SSSR count). The van der Waals surface area contributed by atoms with Crippen LogP contribution in [0.25, 0.3) is 0 Å². The van der Waals surface area contributed by atoms with Crippen LogP contribution < -0.4 is 0 Å². The Morgan fingerprint density at radius 1 is 0.944 bits per heavy atom. The number of rotatable bonds is 3. The Hall–Kier alpha value is -1.29. The third-order valence-corrected chi connectivity index (χ3v) is 3.40. The number of benzene rings is 2. The van der Waals surface area contributed by atoms with Crippen LogP contribution in [-0.2, 0) is 6.42 Å². The molecule has 0 radical (unpaired) electrons. The van der Waals surface area contributed by atoms with Gasteiger partial charge in [-0.25, -0.2) is 13.2 Å². The van der Waals surface area contributed by atoms with Gasteiger partial charge in [-0.15, -0.1) is 0 Å². The van der Waals surface area contributed by atoms with E-state index in [4.69, 9.17) is 0 Å². The number of hydrogen-bond donors (Lipinski definition) is 0. The van der Waals surface area contributed by atoms with Crippen molar-refractivity contribution >= 4 is 15.9 Å². The van der Waals surface area contributed by atoms with Crippen molar-refractivity contribution in [2.45, 2.75) is 11.2 Å². The lowest BCUT2D eigenvalue weighted by atomic mass is 10.0. The first-order valence-corrected chi connectivity index (χ1v) is 6.32. The van der Waals surface area contributed by atoms with Gasteiger partial charge >= 0.3 is 0 Å². The minimum atomic E-state index is -0.909. The van der Waals surface area contributed by atoms with E-state index in [0.29, 0.717) is 18.6 Å². The van der Waals surface area contributed by atoms with Crippen LogP contribution in [0.5, 0.6) is 0 Å². The quantitative estimate of drug-likeness (QED) is 0.715. The molecule has 0 bridgehead atoms. The van der Waals surface area contributed by atoms with Crippen LogP contribution in [0.4, 0.5) is 13.2 Å². The van der Waals surface area contributed by atoms with Crippen LogP contribution >= 0.6 is 15.9 Å². The second-order valence-electron chi connectivity index (χ2n) is 3.94. The van der Waals surface area contributed by atoms with Gasteiger partial charge in [0.05, 0.1) is 0 Å². The molecule has 1 atom stereocenters. The molecule has 0 aliphatic heterocycles. The molecule has 0 aliphatic rings. The van der Waals surface area contributed by atoms with Gasteiger partial charge in [0.25, 0.3) is 0 Å². The summed E-state index contributed by atoms with van der Waals surface area (Å²) in [6, 6.07) is 10.7. The molecule has 4 heteroatoms. The molecule has 1 unspecified atom stereocenters. The third-order valence-electron chi connectivity index (χ3n) is 2.61. The fraction of sp³-hybridized carbons (Fsp3) is 0.143. The molecular weight excluding hydrogens is 305 g/mol. The number of halogens is 4. The van der Waals surface area contributed by atoms with Gasteiger partial charge in [0.15, 0.2) is 0 Å². The zero-order valence-corrected chi connectivity index (χ0v) is 10.9. The summed E-state index contributed by atoms with van der Waals surface area (Å²) >= 11 is 3.25. The highest BCUT2D eigenvalue weighted by Gasteiger charge is 2.19. The molecule has 0 spiro atoms. The van der Waals surface area contributed by atoms with E-state index in [-0.39, 0.29) is 5.56 Å². The molecule has 0 fully saturated rings.